The predicted molar refractivity (Wildman–Crippen MR) is 113 cm³/mol. The van der Waals surface area contributed by atoms with Crippen molar-refractivity contribution < 1.29 is 0 Å². The molecule has 5 atom stereocenters. The Hall–Kier alpha value is 0. The van der Waals surface area contributed by atoms with E-state index < -0.39 is 0 Å². The maximum Gasteiger partial charge on any atom is -0.0363 e. The molecular formula is C24H50. The van der Waals surface area contributed by atoms with Crippen LogP contribution in [0.1, 0.15) is 126 Å². The van der Waals surface area contributed by atoms with Crippen LogP contribution in [0.5, 0.6) is 0 Å². The summed E-state index contributed by atoms with van der Waals surface area (Å²) in [5.74, 6) is 4.61. The van der Waals surface area contributed by atoms with Crippen molar-refractivity contribution in [3.05, 3.63) is 0 Å². The van der Waals surface area contributed by atoms with E-state index in [1.165, 1.54) is 77.0 Å². The molecule has 146 valence electrons. The summed E-state index contributed by atoms with van der Waals surface area (Å²) in [6.07, 6.45) is 17.0. The third kappa shape index (κ3) is 10.1. The summed E-state index contributed by atoms with van der Waals surface area (Å²) in [5, 5.41) is 0. The van der Waals surface area contributed by atoms with Gasteiger partial charge in [0.1, 0.15) is 0 Å². The van der Waals surface area contributed by atoms with E-state index >= 15 is 0 Å². The molecule has 0 bridgehead atoms. The highest BCUT2D eigenvalue weighted by Crippen LogP contribution is 2.36. The first kappa shape index (κ1) is 24.0. The second kappa shape index (κ2) is 15.3. The van der Waals surface area contributed by atoms with E-state index in [1.807, 2.05) is 0 Å². The number of hydrogen-bond donors (Lipinski definition) is 0. The van der Waals surface area contributed by atoms with E-state index in [0.29, 0.717) is 0 Å². The van der Waals surface area contributed by atoms with Gasteiger partial charge in [-0.3, -0.25) is 0 Å². The van der Waals surface area contributed by atoms with E-state index in [0.717, 1.165) is 29.6 Å². The van der Waals surface area contributed by atoms with Gasteiger partial charge in [-0.2, -0.15) is 0 Å². The molecule has 0 radical (unpaired) electrons. The van der Waals surface area contributed by atoms with Gasteiger partial charge in [-0.1, -0.05) is 113 Å². The van der Waals surface area contributed by atoms with Crippen molar-refractivity contribution in [2.24, 2.45) is 29.6 Å². The highest BCUT2D eigenvalue weighted by atomic mass is 14.3. The molecule has 0 amide bonds. The third-order valence-electron chi connectivity index (χ3n) is 6.76. The summed E-state index contributed by atoms with van der Waals surface area (Å²) < 4.78 is 0. The maximum absolute atomic E-state index is 2.58. The van der Waals surface area contributed by atoms with Crippen LogP contribution in [0.4, 0.5) is 0 Å². The lowest BCUT2D eigenvalue weighted by Crippen LogP contribution is -2.24. The van der Waals surface area contributed by atoms with Gasteiger partial charge in [0.25, 0.3) is 0 Å². The van der Waals surface area contributed by atoms with Crippen molar-refractivity contribution in [1.29, 1.82) is 0 Å². The normalized spacial score (nSPS) is 18.1. The minimum Gasteiger partial charge on any atom is -0.0654 e. The Balaban J connectivity index is 4.67. The van der Waals surface area contributed by atoms with Crippen LogP contribution in [0, 0.1) is 29.6 Å². The van der Waals surface area contributed by atoms with Gasteiger partial charge in [0.05, 0.1) is 0 Å². The van der Waals surface area contributed by atoms with E-state index in [1.54, 1.807) is 0 Å². The van der Waals surface area contributed by atoms with E-state index in [2.05, 4.69) is 48.5 Å². The van der Waals surface area contributed by atoms with Crippen molar-refractivity contribution in [2.45, 2.75) is 126 Å². The predicted octanol–water partition coefficient (Wildman–Crippen LogP) is 8.89. The van der Waals surface area contributed by atoms with Crippen molar-refractivity contribution in [2.75, 3.05) is 0 Å². The Kier molecular flexibility index (Phi) is 15.3. The van der Waals surface area contributed by atoms with Crippen molar-refractivity contribution in [3.8, 4) is 0 Å². The van der Waals surface area contributed by atoms with Crippen LogP contribution >= 0.6 is 0 Å². The zero-order valence-corrected chi connectivity index (χ0v) is 18.4. The molecule has 0 fully saturated rings. The SMILES string of the molecule is CCCCCCC(C(C)CCCCC)C(C)CC(CC)C(C)CC. The lowest BCUT2D eigenvalue weighted by Gasteiger charge is -2.34. The fraction of sp³-hybridized carbons (Fsp3) is 1.00. The van der Waals surface area contributed by atoms with Gasteiger partial charge in [-0.25, -0.2) is 0 Å². The van der Waals surface area contributed by atoms with Crippen LogP contribution in [0.2, 0.25) is 0 Å². The second-order valence-corrected chi connectivity index (χ2v) is 8.75. The fourth-order valence-corrected chi connectivity index (χ4v) is 4.65. The molecule has 0 aliphatic heterocycles. The fourth-order valence-electron chi connectivity index (χ4n) is 4.65. The molecule has 0 saturated carbocycles. The minimum atomic E-state index is 0.897. The summed E-state index contributed by atoms with van der Waals surface area (Å²) >= 11 is 0. The van der Waals surface area contributed by atoms with Crippen LogP contribution < -0.4 is 0 Å². The van der Waals surface area contributed by atoms with Crippen LogP contribution in [0.25, 0.3) is 0 Å². The molecule has 0 saturated heterocycles. The van der Waals surface area contributed by atoms with Crippen LogP contribution in [-0.2, 0) is 0 Å². The molecule has 0 spiro atoms. The van der Waals surface area contributed by atoms with Gasteiger partial charge in [0.2, 0.25) is 0 Å². The maximum atomic E-state index is 2.58. The molecule has 0 N–H and O–H groups in total. The van der Waals surface area contributed by atoms with E-state index in [9.17, 15) is 0 Å². The summed E-state index contributed by atoms with van der Waals surface area (Å²) in [7, 11) is 0. The lowest BCUT2D eigenvalue weighted by molar-refractivity contribution is 0.166. The van der Waals surface area contributed by atoms with Gasteiger partial charge < -0.3 is 0 Å². The highest BCUT2D eigenvalue weighted by molar-refractivity contribution is 4.77. The Bertz CT molecular complexity index is 257. The Morgan fingerprint density at radius 3 is 1.67 bits per heavy atom. The molecule has 0 aromatic heterocycles. The zero-order valence-electron chi connectivity index (χ0n) is 18.4. The second-order valence-electron chi connectivity index (χ2n) is 8.75. The number of unbranched alkanes of at least 4 members (excludes halogenated alkanes) is 5. The average Bonchev–Trinajstić information content (AvgIpc) is 2.58. The van der Waals surface area contributed by atoms with Crippen molar-refractivity contribution in [1.82, 2.24) is 0 Å². The van der Waals surface area contributed by atoms with Crippen LogP contribution in [0.15, 0.2) is 0 Å². The lowest BCUT2D eigenvalue weighted by atomic mass is 9.72. The molecule has 0 aliphatic carbocycles. The minimum absolute atomic E-state index is 0.897. The average molecular weight is 339 g/mol. The molecular weight excluding hydrogens is 288 g/mol. The molecule has 24 heavy (non-hydrogen) atoms. The topological polar surface area (TPSA) is 0 Å². The molecule has 0 heterocycles. The van der Waals surface area contributed by atoms with Gasteiger partial charge in [0, 0.05) is 0 Å². The Morgan fingerprint density at radius 2 is 1.12 bits per heavy atom. The van der Waals surface area contributed by atoms with Crippen LogP contribution in [0.3, 0.4) is 0 Å². The molecule has 5 unspecified atom stereocenters. The summed E-state index contributed by atoms with van der Waals surface area (Å²) in [4.78, 5) is 0. The van der Waals surface area contributed by atoms with Crippen LogP contribution in [-0.4, -0.2) is 0 Å². The monoisotopic (exact) mass is 338 g/mol. The molecule has 0 aliphatic rings. The van der Waals surface area contributed by atoms with Gasteiger partial charge in [0.15, 0.2) is 0 Å². The van der Waals surface area contributed by atoms with Gasteiger partial charge in [-0.05, 0) is 42.4 Å². The van der Waals surface area contributed by atoms with Gasteiger partial charge in [-0.15, -0.1) is 0 Å². The molecule has 0 aromatic rings. The van der Waals surface area contributed by atoms with E-state index in [4.69, 9.17) is 0 Å². The van der Waals surface area contributed by atoms with Crippen molar-refractivity contribution >= 4 is 0 Å². The number of rotatable bonds is 16. The molecule has 0 heteroatoms. The molecule has 0 rings (SSSR count). The first-order valence-corrected chi connectivity index (χ1v) is 11.5. The largest absolute Gasteiger partial charge is 0.0654 e. The summed E-state index contributed by atoms with van der Waals surface area (Å²) in [6, 6.07) is 0. The number of hydrogen-bond acceptors (Lipinski definition) is 0. The zero-order chi connectivity index (χ0) is 18.4. The summed E-state index contributed by atoms with van der Waals surface area (Å²) in [5.41, 5.74) is 0. The van der Waals surface area contributed by atoms with E-state index in [-0.39, 0.29) is 0 Å². The van der Waals surface area contributed by atoms with Gasteiger partial charge >= 0.3 is 0 Å². The Morgan fingerprint density at radius 1 is 0.542 bits per heavy atom. The smallest absolute Gasteiger partial charge is 0.0363 e. The van der Waals surface area contributed by atoms with Crippen molar-refractivity contribution in [3.63, 3.8) is 0 Å². The standard InChI is InChI=1S/C24H50/c1-8-12-14-16-18-24(21(6)17-15-13-9-2)22(7)19-23(11-4)20(5)10-3/h20-24H,8-19H2,1-7H3. The third-order valence-corrected chi connectivity index (χ3v) is 6.76. The first-order valence-electron chi connectivity index (χ1n) is 11.5. The molecule has 0 aromatic carbocycles. The molecule has 0 nitrogen and oxygen atoms in total. The quantitative estimate of drug-likeness (QED) is 0.246. The first-order chi connectivity index (χ1) is 11.5. The summed E-state index contributed by atoms with van der Waals surface area (Å²) in [6.45, 7) is 17.0. The highest BCUT2D eigenvalue weighted by Gasteiger charge is 2.26. The Labute approximate surface area is 155 Å².